The quantitative estimate of drug-likeness (QED) is 0.648. The van der Waals surface area contributed by atoms with Crippen LogP contribution in [0.25, 0.3) is 0 Å². The first-order valence-corrected chi connectivity index (χ1v) is 7.32. The second kappa shape index (κ2) is 5.31. The van der Waals surface area contributed by atoms with E-state index in [9.17, 15) is 14.4 Å². The molecule has 1 aromatic carbocycles. The van der Waals surface area contributed by atoms with Crippen molar-refractivity contribution < 1.29 is 14.4 Å². The van der Waals surface area contributed by atoms with Crippen molar-refractivity contribution in [2.45, 2.75) is 32.6 Å². The number of rotatable bonds is 2. The minimum absolute atomic E-state index is 0.0686. The van der Waals surface area contributed by atoms with E-state index in [-0.39, 0.29) is 29.9 Å². The van der Waals surface area contributed by atoms with Crippen LogP contribution >= 0.6 is 0 Å². The Labute approximate surface area is 123 Å². The van der Waals surface area contributed by atoms with Crippen molar-refractivity contribution in [2.24, 2.45) is 11.8 Å². The summed E-state index contributed by atoms with van der Waals surface area (Å²) in [4.78, 5) is 35.7. The first-order chi connectivity index (χ1) is 10.0. The number of Topliss-reactive ketones (excluding diaryl/α,β-unsaturated/α-hetero) is 1. The third-order valence-corrected chi connectivity index (χ3v) is 4.37. The zero-order chi connectivity index (χ0) is 15.0. The molecule has 0 radical (unpaired) electrons. The molecular formula is C16H18N2O3. The van der Waals surface area contributed by atoms with Gasteiger partial charge in [0.25, 0.3) is 0 Å². The summed E-state index contributed by atoms with van der Waals surface area (Å²) in [5.41, 5.74) is 1.65. The van der Waals surface area contributed by atoms with E-state index in [1.165, 1.54) is 0 Å². The lowest BCUT2D eigenvalue weighted by molar-refractivity contribution is -0.123. The van der Waals surface area contributed by atoms with Gasteiger partial charge < -0.3 is 10.6 Å². The van der Waals surface area contributed by atoms with Gasteiger partial charge in [-0.3, -0.25) is 14.4 Å². The molecule has 0 saturated heterocycles. The number of carbonyl (C=O) groups is 3. The van der Waals surface area contributed by atoms with Gasteiger partial charge in [-0.05, 0) is 37.0 Å². The molecule has 1 aliphatic carbocycles. The number of nitrogens with one attached hydrogen (secondary N) is 2. The second-order valence-electron chi connectivity index (χ2n) is 5.91. The zero-order valence-corrected chi connectivity index (χ0v) is 11.9. The number of hydrogen-bond donors (Lipinski definition) is 2. The topological polar surface area (TPSA) is 75.3 Å². The van der Waals surface area contributed by atoms with Crippen molar-refractivity contribution >= 4 is 29.0 Å². The van der Waals surface area contributed by atoms with E-state index in [1.54, 1.807) is 18.2 Å². The Balaban J connectivity index is 1.90. The van der Waals surface area contributed by atoms with Crippen LogP contribution in [0.5, 0.6) is 0 Å². The number of anilines is 2. The molecule has 5 nitrogen and oxygen atoms in total. The first-order valence-electron chi connectivity index (χ1n) is 7.32. The molecular weight excluding hydrogens is 268 g/mol. The fourth-order valence-electron chi connectivity index (χ4n) is 3.19. The Hall–Kier alpha value is -2.17. The van der Waals surface area contributed by atoms with Crippen LogP contribution in [-0.2, 0) is 9.59 Å². The number of amides is 2. The lowest BCUT2D eigenvalue weighted by atomic mass is 9.89. The normalized spacial score (nSPS) is 24.8. The summed E-state index contributed by atoms with van der Waals surface area (Å²) in [6.07, 6.45) is 2.92. The monoisotopic (exact) mass is 286 g/mol. The molecule has 0 aromatic heterocycles. The van der Waals surface area contributed by atoms with Crippen LogP contribution in [-0.4, -0.2) is 17.6 Å². The molecule has 2 N–H and O–H groups in total. The van der Waals surface area contributed by atoms with Crippen LogP contribution in [0.3, 0.4) is 0 Å². The summed E-state index contributed by atoms with van der Waals surface area (Å²) in [7, 11) is 0. The smallest absolute Gasteiger partial charge is 0.233 e. The number of benzene rings is 1. The van der Waals surface area contributed by atoms with Gasteiger partial charge in [0.05, 0.1) is 11.4 Å². The van der Waals surface area contributed by atoms with E-state index in [2.05, 4.69) is 17.6 Å². The lowest BCUT2D eigenvalue weighted by Gasteiger charge is -2.15. The summed E-state index contributed by atoms with van der Waals surface area (Å²) in [5, 5.41) is 5.34. The summed E-state index contributed by atoms with van der Waals surface area (Å²) in [5.74, 6) is -0.0860. The van der Waals surface area contributed by atoms with Gasteiger partial charge in [0.15, 0.2) is 5.78 Å². The van der Waals surface area contributed by atoms with Crippen molar-refractivity contribution in [3.8, 4) is 0 Å². The molecule has 1 heterocycles. The summed E-state index contributed by atoms with van der Waals surface area (Å²) in [6.45, 7) is 2.11. The second-order valence-corrected chi connectivity index (χ2v) is 5.91. The minimum atomic E-state index is -0.356. The van der Waals surface area contributed by atoms with Crippen LogP contribution in [0.2, 0.25) is 0 Å². The van der Waals surface area contributed by atoms with E-state index in [0.717, 1.165) is 19.3 Å². The van der Waals surface area contributed by atoms with Crippen LogP contribution in [0.1, 0.15) is 43.0 Å². The van der Waals surface area contributed by atoms with E-state index >= 15 is 0 Å². The van der Waals surface area contributed by atoms with Gasteiger partial charge in [0.2, 0.25) is 11.8 Å². The third kappa shape index (κ3) is 2.68. The van der Waals surface area contributed by atoms with Gasteiger partial charge in [-0.15, -0.1) is 0 Å². The maximum absolute atomic E-state index is 12.6. The number of ketones is 1. The predicted molar refractivity (Wildman–Crippen MR) is 79.2 cm³/mol. The molecule has 2 atom stereocenters. The number of fused-ring (bicyclic) bond motifs is 1. The van der Waals surface area contributed by atoms with Crippen molar-refractivity contribution in [3.63, 3.8) is 0 Å². The van der Waals surface area contributed by atoms with Gasteiger partial charge in [-0.2, -0.15) is 0 Å². The van der Waals surface area contributed by atoms with Gasteiger partial charge in [-0.25, -0.2) is 0 Å². The Morgan fingerprint density at radius 2 is 1.81 bits per heavy atom. The van der Waals surface area contributed by atoms with Crippen molar-refractivity contribution in [3.05, 3.63) is 23.8 Å². The third-order valence-electron chi connectivity index (χ3n) is 4.37. The Morgan fingerprint density at radius 1 is 1.10 bits per heavy atom. The van der Waals surface area contributed by atoms with Crippen LogP contribution in [0, 0.1) is 11.8 Å². The average Bonchev–Trinajstić information content (AvgIpc) is 2.79. The summed E-state index contributed by atoms with van der Waals surface area (Å²) >= 11 is 0. The highest BCUT2D eigenvalue weighted by Gasteiger charge is 2.31. The molecule has 2 aliphatic rings. The lowest BCUT2D eigenvalue weighted by Crippen LogP contribution is -2.17. The average molecular weight is 286 g/mol. The Bertz CT molecular complexity index is 624. The minimum Gasteiger partial charge on any atom is -0.324 e. The molecule has 1 aliphatic heterocycles. The number of carbonyl (C=O) groups excluding carboxylic acids is 3. The van der Waals surface area contributed by atoms with E-state index in [4.69, 9.17) is 0 Å². The molecule has 110 valence electrons. The molecule has 0 bridgehead atoms. The Morgan fingerprint density at radius 3 is 2.48 bits per heavy atom. The number of hydrogen-bond acceptors (Lipinski definition) is 3. The van der Waals surface area contributed by atoms with E-state index in [0.29, 0.717) is 22.9 Å². The molecule has 2 unspecified atom stereocenters. The van der Waals surface area contributed by atoms with Gasteiger partial charge >= 0.3 is 0 Å². The highest BCUT2D eigenvalue weighted by Crippen LogP contribution is 2.35. The largest absolute Gasteiger partial charge is 0.324 e. The maximum atomic E-state index is 12.6. The summed E-state index contributed by atoms with van der Waals surface area (Å²) < 4.78 is 0. The standard InChI is InChI=1S/C16H18N2O3/c1-9-3-2-4-11(9)16(21)10-5-6-12-13(7-10)18-15(20)8-14(19)17-12/h5-7,9,11H,2-4,8H2,1H3,(H,17,19)(H,18,20). The molecule has 1 saturated carbocycles. The predicted octanol–water partition coefficient (Wildman–Crippen LogP) is 2.59. The Kier molecular flexibility index (Phi) is 3.49. The first kappa shape index (κ1) is 13.8. The zero-order valence-electron chi connectivity index (χ0n) is 11.9. The SMILES string of the molecule is CC1CCCC1C(=O)c1ccc2c(c1)NC(=O)CC(=O)N2. The van der Waals surface area contributed by atoms with Crippen molar-refractivity contribution in [1.29, 1.82) is 0 Å². The van der Waals surface area contributed by atoms with Crippen molar-refractivity contribution in [1.82, 2.24) is 0 Å². The summed E-state index contributed by atoms with van der Waals surface area (Å²) in [6, 6.07) is 5.09. The molecule has 2 amide bonds. The maximum Gasteiger partial charge on any atom is 0.233 e. The molecule has 1 fully saturated rings. The van der Waals surface area contributed by atoms with Crippen LogP contribution < -0.4 is 10.6 Å². The van der Waals surface area contributed by atoms with Crippen LogP contribution in [0.15, 0.2) is 18.2 Å². The fourth-order valence-corrected chi connectivity index (χ4v) is 3.19. The molecule has 21 heavy (non-hydrogen) atoms. The highest BCUT2D eigenvalue weighted by atomic mass is 16.2. The molecule has 3 rings (SSSR count). The highest BCUT2D eigenvalue weighted by molar-refractivity contribution is 6.14. The van der Waals surface area contributed by atoms with Gasteiger partial charge in [0, 0.05) is 11.5 Å². The van der Waals surface area contributed by atoms with Crippen molar-refractivity contribution in [2.75, 3.05) is 10.6 Å². The fraction of sp³-hybridized carbons (Fsp3) is 0.438. The van der Waals surface area contributed by atoms with Gasteiger partial charge in [-0.1, -0.05) is 13.3 Å². The molecule has 5 heteroatoms. The molecule has 0 spiro atoms. The molecule has 1 aromatic rings. The van der Waals surface area contributed by atoms with E-state index < -0.39 is 0 Å². The van der Waals surface area contributed by atoms with Crippen LogP contribution in [0.4, 0.5) is 11.4 Å². The van der Waals surface area contributed by atoms with E-state index in [1.807, 2.05) is 0 Å². The van der Waals surface area contributed by atoms with Gasteiger partial charge in [0.1, 0.15) is 6.42 Å².